The normalized spacial score (nSPS) is 13.8. The summed E-state index contributed by atoms with van der Waals surface area (Å²) in [4.78, 5) is 13.2. The van der Waals surface area contributed by atoms with E-state index >= 15 is 0 Å². The van der Waals surface area contributed by atoms with Gasteiger partial charge in [-0.2, -0.15) is 0 Å². The molecule has 1 atom stereocenters. The first kappa shape index (κ1) is 17.6. The monoisotopic (exact) mass is 333 g/mol. The Kier molecular flexibility index (Phi) is 5.91. The van der Waals surface area contributed by atoms with Gasteiger partial charge in [0.05, 0.1) is 19.2 Å². The molecule has 4 nitrogen and oxygen atoms in total. The first-order valence-electron chi connectivity index (χ1n) is 7.65. The molecule has 0 aliphatic carbocycles. The standard InChI is InChI=1S/C18H23NO3S/c1-13(2)23-15-8-6-14(7-9-15)11-17(20)19-12-18(3,21)16-5-4-10-22-16/h4-10,13,21H,11-12H2,1-3H3,(H,19,20)/t18-/m1/s1. The SMILES string of the molecule is CC(C)Sc1ccc(CC(=O)NC[C@@](C)(O)c2ccco2)cc1. The highest BCUT2D eigenvalue weighted by Crippen LogP contribution is 2.23. The zero-order chi connectivity index (χ0) is 16.9. The lowest BCUT2D eigenvalue weighted by molar-refractivity contribution is -0.121. The predicted octanol–water partition coefficient (Wildman–Crippen LogP) is 3.35. The molecular weight excluding hydrogens is 310 g/mol. The van der Waals surface area contributed by atoms with Crippen LogP contribution < -0.4 is 5.32 Å². The number of hydrogen-bond donors (Lipinski definition) is 2. The van der Waals surface area contributed by atoms with Gasteiger partial charge in [0.2, 0.25) is 5.91 Å². The molecule has 5 heteroatoms. The van der Waals surface area contributed by atoms with Gasteiger partial charge in [-0.25, -0.2) is 0 Å². The minimum Gasteiger partial charge on any atom is -0.466 e. The summed E-state index contributed by atoms with van der Waals surface area (Å²) in [5, 5.41) is 13.6. The van der Waals surface area contributed by atoms with Crippen molar-refractivity contribution in [2.24, 2.45) is 0 Å². The molecule has 0 saturated heterocycles. The Labute approximate surface area is 141 Å². The number of rotatable bonds is 7. The van der Waals surface area contributed by atoms with Gasteiger partial charge in [0, 0.05) is 10.1 Å². The summed E-state index contributed by atoms with van der Waals surface area (Å²) in [5.41, 5.74) is -0.259. The highest BCUT2D eigenvalue weighted by atomic mass is 32.2. The van der Waals surface area contributed by atoms with Crippen LogP contribution in [0.1, 0.15) is 32.1 Å². The number of carbonyl (C=O) groups is 1. The van der Waals surface area contributed by atoms with E-state index in [0.717, 1.165) is 5.56 Å². The minimum atomic E-state index is -1.21. The minimum absolute atomic E-state index is 0.112. The fourth-order valence-corrected chi connectivity index (χ4v) is 2.99. The molecule has 1 aromatic carbocycles. The number of aliphatic hydroxyl groups is 1. The molecule has 0 bridgehead atoms. The third-order valence-corrected chi connectivity index (χ3v) is 4.36. The van der Waals surface area contributed by atoms with Crippen LogP contribution >= 0.6 is 11.8 Å². The molecule has 1 amide bonds. The van der Waals surface area contributed by atoms with Gasteiger partial charge in [-0.15, -0.1) is 11.8 Å². The van der Waals surface area contributed by atoms with Gasteiger partial charge in [0.15, 0.2) is 0 Å². The van der Waals surface area contributed by atoms with Gasteiger partial charge in [0.1, 0.15) is 11.4 Å². The number of thioether (sulfide) groups is 1. The largest absolute Gasteiger partial charge is 0.466 e. The fourth-order valence-electron chi connectivity index (χ4n) is 2.15. The molecule has 2 aromatic rings. The summed E-state index contributed by atoms with van der Waals surface area (Å²) < 4.78 is 5.19. The van der Waals surface area contributed by atoms with Crippen LogP contribution in [-0.4, -0.2) is 22.8 Å². The maximum atomic E-state index is 12.0. The summed E-state index contributed by atoms with van der Waals surface area (Å²) in [6, 6.07) is 11.4. The number of benzene rings is 1. The van der Waals surface area contributed by atoms with Gasteiger partial charge in [0.25, 0.3) is 0 Å². The lowest BCUT2D eigenvalue weighted by atomic mass is 10.0. The Balaban J connectivity index is 1.85. The first-order valence-corrected chi connectivity index (χ1v) is 8.53. The number of amides is 1. The van der Waals surface area contributed by atoms with Crippen molar-refractivity contribution in [1.29, 1.82) is 0 Å². The van der Waals surface area contributed by atoms with E-state index in [2.05, 4.69) is 19.2 Å². The molecule has 1 heterocycles. The predicted molar refractivity (Wildman–Crippen MR) is 92.4 cm³/mol. The Morgan fingerprint density at radius 1 is 1.30 bits per heavy atom. The zero-order valence-electron chi connectivity index (χ0n) is 13.7. The van der Waals surface area contributed by atoms with E-state index in [0.29, 0.717) is 17.4 Å². The van der Waals surface area contributed by atoms with Crippen molar-refractivity contribution in [3.05, 3.63) is 54.0 Å². The number of carbonyl (C=O) groups excluding carboxylic acids is 1. The van der Waals surface area contributed by atoms with Crippen LogP contribution in [-0.2, 0) is 16.8 Å². The first-order chi connectivity index (χ1) is 10.9. The molecule has 0 spiro atoms. The van der Waals surface area contributed by atoms with Crippen molar-refractivity contribution in [1.82, 2.24) is 5.32 Å². The van der Waals surface area contributed by atoms with Crippen LogP contribution in [0.4, 0.5) is 0 Å². The third-order valence-electron chi connectivity index (χ3n) is 3.34. The summed E-state index contributed by atoms with van der Waals surface area (Å²) in [5.74, 6) is 0.314. The molecule has 0 radical (unpaired) electrons. The molecule has 0 aliphatic heterocycles. The van der Waals surface area contributed by atoms with Crippen LogP contribution in [0, 0.1) is 0 Å². The highest BCUT2D eigenvalue weighted by Gasteiger charge is 2.26. The molecule has 0 unspecified atom stereocenters. The lowest BCUT2D eigenvalue weighted by Gasteiger charge is -2.21. The molecule has 124 valence electrons. The van der Waals surface area contributed by atoms with Crippen molar-refractivity contribution in [3.63, 3.8) is 0 Å². The Morgan fingerprint density at radius 2 is 2.00 bits per heavy atom. The van der Waals surface area contributed by atoms with E-state index < -0.39 is 5.60 Å². The molecule has 1 aromatic heterocycles. The molecule has 2 N–H and O–H groups in total. The molecule has 0 fully saturated rings. The van der Waals surface area contributed by atoms with Gasteiger partial charge in [-0.3, -0.25) is 4.79 Å². The maximum absolute atomic E-state index is 12.0. The second kappa shape index (κ2) is 7.70. The van der Waals surface area contributed by atoms with Gasteiger partial charge < -0.3 is 14.8 Å². The molecule has 0 saturated carbocycles. The second-order valence-electron chi connectivity index (χ2n) is 6.02. The molecular formula is C18H23NO3S. The van der Waals surface area contributed by atoms with Crippen LogP contribution in [0.5, 0.6) is 0 Å². The van der Waals surface area contributed by atoms with Gasteiger partial charge in [-0.05, 0) is 36.8 Å². The van der Waals surface area contributed by atoms with Crippen molar-refractivity contribution < 1.29 is 14.3 Å². The van der Waals surface area contributed by atoms with E-state index in [4.69, 9.17) is 4.42 Å². The molecule has 23 heavy (non-hydrogen) atoms. The number of nitrogens with one attached hydrogen (secondary N) is 1. The Morgan fingerprint density at radius 3 is 2.57 bits per heavy atom. The summed E-state index contributed by atoms with van der Waals surface area (Å²) in [6.07, 6.45) is 1.79. The van der Waals surface area contributed by atoms with Crippen molar-refractivity contribution >= 4 is 17.7 Å². The van der Waals surface area contributed by atoms with E-state index in [9.17, 15) is 9.90 Å². The van der Waals surface area contributed by atoms with Crippen molar-refractivity contribution in [3.8, 4) is 0 Å². The van der Waals surface area contributed by atoms with Crippen LogP contribution in [0.2, 0.25) is 0 Å². The van der Waals surface area contributed by atoms with Crippen molar-refractivity contribution in [2.75, 3.05) is 6.54 Å². The topological polar surface area (TPSA) is 62.5 Å². The molecule has 0 aliphatic rings. The van der Waals surface area contributed by atoms with Gasteiger partial charge >= 0.3 is 0 Å². The van der Waals surface area contributed by atoms with Gasteiger partial charge in [-0.1, -0.05) is 26.0 Å². The van der Waals surface area contributed by atoms with E-state index in [-0.39, 0.29) is 12.5 Å². The Hall–Kier alpha value is -1.72. The van der Waals surface area contributed by atoms with E-state index in [1.165, 1.54) is 11.2 Å². The average Bonchev–Trinajstić information content (AvgIpc) is 3.02. The van der Waals surface area contributed by atoms with Crippen molar-refractivity contribution in [2.45, 2.75) is 42.9 Å². The quantitative estimate of drug-likeness (QED) is 0.763. The molecule has 2 rings (SSSR count). The van der Waals surface area contributed by atoms with E-state index in [1.807, 2.05) is 24.3 Å². The highest BCUT2D eigenvalue weighted by molar-refractivity contribution is 7.99. The smallest absolute Gasteiger partial charge is 0.224 e. The average molecular weight is 333 g/mol. The summed E-state index contributed by atoms with van der Waals surface area (Å²) in [6.45, 7) is 6.03. The Bertz CT molecular complexity index is 618. The summed E-state index contributed by atoms with van der Waals surface area (Å²) in [7, 11) is 0. The second-order valence-corrected chi connectivity index (χ2v) is 7.67. The number of hydrogen-bond acceptors (Lipinski definition) is 4. The lowest BCUT2D eigenvalue weighted by Crippen LogP contribution is -2.39. The zero-order valence-corrected chi connectivity index (χ0v) is 14.5. The van der Waals surface area contributed by atoms with E-state index in [1.54, 1.807) is 30.8 Å². The van der Waals surface area contributed by atoms with Crippen LogP contribution in [0.25, 0.3) is 0 Å². The maximum Gasteiger partial charge on any atom is 0.224 e. The number of furan rings is 1. The van der Waals surface area contributed by atoms with Crippen LogP contribution in [0.3, 0.4) is 0 Å². The van der Waals surface area contributed by atoms with Crippen LogP contribution in [0.15, 0.2) is 52.0 Å². The fraction of sp³-hybridized carbons (Fsp3) is 0.389. The third kappa shape index (κ3) is 5.44. The summed E-state index contributed by atoms with van der Waals surface area (Å²) >= 11 is 1.79.